The van der Waals surface area contributed by atoms with E-state index < -0.39 is 0 Å². The number of rotatable bonds is 6. The number of thiazole rings is 1. The minimum Gasteiger partial charge on any atom is -0.508 e. The number of ether oxygens (including phenoxy) is 1. The summed E-state index contributed by atoms with van der Waals surface area (Å²) in [5, 5.41) is 14.6. The summed E-state index contributed by atoms with van der Waals surface area (Å²) in [5.74, 6) is 1.53. The Balaban J connectivity index is 1.65. The van der Waals surface area contributed by atoms with Crippen LogP contribution in [0.15, 0.2) is 82.9 Å². The lowest BCUT2D eigenvalue weighted by Gasteiger charge is -2.05. The molecule has 0 aliphatic rings. The second kappa shape index (κ2) is 9.19. The molecule has 1 aromatic heterocycles. The van der Waals surface area contributed by atoms with Crippen LogP contribution in [0.4, 0.5) is 5.69 Å². The van der Waals surface area contributed by atoms with Gasteiger partial charge >= 0.3 is 0 Å². The first-order valence-electron chi connectivity index (χ1n) is 9.47. The molecular formula is C23H20N4O2S. The largest absolute Gasteiger partial charge is 0.508 e. The number of fused-ring (bicyclic) bond motifs is 1. The van der Waals surface area contributed by atoms with Crippen LogP contribution in [0.2, 0.25) is 0 Å². The van der Waals surface area contributed by atoms with Crippen molar-refractivity contribution in [2.45, 2.75) is 6.92 Å². The second-order valence-corrected chi connectivity index (χ2v) is 7.37. The van der Waals surface area contributed by atoms with E-state index in [2.05, 4.69) is 15.5 Å². The molecule has 0 unspecified atom stereocenters. The first-order chi connectivity index (χ1) is 14.7. The summed E-state index contributed by atoms with van der Waals surface area (Å²) in [7, 11) is 0. The van der Waals surface area contributed by atoms with E-state index in [9.17, 15) is 5.11 Å². The highest BCUT2D eigenvalue weighted by molar-refractivity contribution is 7.20. The highest BCUT2D eigenvalue weighted by Crippen LogP contribution is 2.24. The van der Waals surface area contributed by atoms with Gasteiger partial charge in [0, 0.05) is 0 Å². The molecule has 6 nitrogen and oxygen atoms in total. The third-order valence-electron chi connectivity index (χ3n) is 4.14. The average Bonchev–Trinajstić information content (AvgIpc) is 3.19. The van der Waals surface area contributed by atoms with Gasteiger partial charge in [-0.1, -0.05) is 24.3 Å². The molecule has 1 heterocycles. The molecule has 0 aliphatic heterocycles. The minimum absolute atomic E-state index is 0.188. The summed E-state index contributed by atoms with van der Waals surface area (Å²) in [6.45, 7) is 2.57. The summed E-state index contributed by atoms with van der Waals surface area (Å²) in [4.78, 5) is 9.39. The summed E-state index contributed by atoms with van der Waals surface area (Å²) >= 11 is 1.54. The molecule has 4 rings (SSSR count). The first kappa shape index (κ1) is 19.6. The zero-order valence-electron chi connectivity index (χ0n) is 16.3. The molecule has 0 fully saturated rings. The van der Waals surface area contributed by atoms with Crippen molar-refractivity contribution in [2.75, 3.05) is 6.61 Å². The van der Waals surface area contributed by atoms with Crippen molar-refractivity contribution in [2.24, 2.45) is 10.1 Å². The quantitative estimate of drug-likeness (QED) is 0.260. The van der Waals surface area contributed by atoms with E-state index in [1.54, 1.807) is 35.8 Å². The molecule has 0 atom stereocenters. The van der Waals surface area contributed by atoms with E-state index in [0.717, 1.165) is 32.2 Å². The number of phenolic OH excluding ortho intramolecular Hbond substituents is 1. The van der Waals surface area contributed by atoms with Gasteiger partial charge in [-0.2, -0.15) is 5.10 Å². The molecule has 0 amide bonds. The van der Waals surface area contributed by atoms with Gasteiger partial charge in [0.15, 0.2) is 10.8 Å². The van der Waals surface area contributed by atoms with Crippen LogP contribution >= 0.6 is 11.3 Å². The van der Waals surface area contributed by atoms with Crippen LogP contribution in [0.25, 0.3) is 10.2 Å². The Hall–Kier alpha value is -3.71. The Morgan fingerprint density at radius 2 is 1.93 bits per heavy atom. The van der Waals surface area contributed by atoms with E-state index in [1.165, 1.54) is 0 Å². The van der Waals surface area contributed by atoms with Crippen molar-refractivity contribution in [3.8, 4) is 11.5 Å². The van der Waals surface area contributed by atoms with Crippen LogP contribution in [0, 0.1) is 0 Å². The number of aromatic hydroxyl groups is 1. The fourth-order valence-electron chi connectivity index (χ4n) is 2.78. The van der Waals surface area contributed by atoms with E-state index in [0.29, 0.717) is 12.4 Å². The summed E-state index contributed by atoms with van der Waals surface area (Å²) in [6.07, 6.45) is 1.63. The molecule has 0 saturated heterocycles. The molecule has 0 saturated carbocycles. The van der Waals surface area contributed by atoms with E-state index in [1.807, 2.05) is 61.5 Å². The Labute approximate surface area is 178 Å². The number of para-hydroxylation sites is 1. The van der Waals surface area contributed by atoms with Crippen LogP contribution in [0.5, 0.6) is 11.5 Å². The number of nitrogens with one attached hydrogen (secondary N) is 1. The van der Waals surface area contributed by atoms with Crippen molar-refractivity contribution < 1.29 is 9.84 Å². The van der Waals surface area contributed by atoms with Gasteiger partial charge in [0.2, 0.25) is 0 Å². The molecule has 3 aromatic carbocycles. The van der Waals surface area contributed by atoms with Gasteiger partial charge in [-0.25, -0.2) is 9.98 Å². The fourth-order valence-corrected chi connectivity index (χ4v) is 3.68. The standard InChI is InChI=1S/C23H20N4O2S/c1-2-29-19-12-10-17(11-13-19)25-22(23-26-20-8-3-4-9-21(20)30-23)27-24-15-16-6-5-7-18(28)14-16/h3-15,28H,2H2,1H3,(H,25,27)/b24-15-. The number of aliphatic imine (C=N–C) groups is 1. The predicted molar refractivity (Wildman–Crippen MR) is 122 cm³/mol. The topological polar surface area (TPSA) is 79.1 Å². The third kappa shape index (κ3) is 4.82. The van der Waals surface area contributed by atoms with Crippen molar-refractivity contribution >= 4 is 39.3 Å². The van der Waals surface area contributed by atoms with Crippen LogP contribution in [0.1, 0.15) is 17.5 Å². The number of amidine groups is 1. The van der Waals surface area contributed by atoms with Gasteiger partial charge in [0.25, 0.3) is 0 Å². The lowest BCUT2D eigenvalue weighted by atomic mass is 10.2. The molecule has 2 N–H and O–H groups in total. The maximum absolute atomic E-state index is 9.61. The number of benzene rings is 3. The Kier molecular flexibility index (Phi) is 6.01. The van der Waals surface area contributed by atoms with E-state index >= 15 is 0 Å². The smallest absolute Gasteiger partial charge is 0.183 e. The Morgan fingerprint density at radius 3 is 2.70 bits per heavy atom. The lowest BCUT2D eigenvalue weighted by Crippen LogP contribution is -2.18. The first-order valence-corrected chi connectivity index (χ1v) is 10.3. The highest BCUT2D eigenvalue weighted by atomic mass is 32.1. The zero-order valence-corrected chi connectivity index (χ0v) is 17.1. The van der Waals surface area contributed by atoms with Crippen LogP contribution in [0.3, 0.4) is 0 Å². The summed E-state index contributed by atoms with van der Waals surface area (Å²) < 4.78 is 6.57. The molecule has 7 heteroatoms. The number of aromatic nitrogens is 1. The molecule has 150 valence electrons. The lowest BCUT2D eigenvalue weighted by molar-refractivity contribution is 0.340. The zero-order chi connectivity index (χ0) is 20.8. The van der Waals surface area contributed by atoms with Crippen molar-refractivity contribution in [1.29, 1.82) is 0 Å². The van der Waals surface area contributed by atoms with Crippen molar-refractivity contribution in [1.82, 2.24) is 10.4 Å². The fraction of sp³-hybridized carbons (Fsp3) is 0.0870. The van der Waals surface area contributed by atoms with Gasteiger partial charge in [-0.15, -0.1) is 11.3 Å². The Bertz CT molecular complexity index is 1170. The number of hydrazone groups is 1. The van der Waals surface area contributed by atoms with Gasteiger partial charge in [0.1, 0.15) is 11.5 Å². The monoisotopic (exact) mass is 416 g/mol. The van der Waals surface area contributed by atoms with E-state index in [-0.39, 0.29) is 5.75 Å². The Morgan fingerprint density at radius 1 is 1.10 bits per heavy atom. The van der Waals surface area contributed by atoms with Crippen LogP contribution in [-0.2, 0) is 0 Å². The average molecular weight is 417 g/mol. The van der Waals surface area contributed by atoms with Gasteiger partial charge in [-0.05, 0) is 61.0 Å². The van der Waals surface area contributed by atoms with Crippen LogP contribution in [-0.4, -0.2) is 28.7 Å². The number of phenols is 1. The van der Waals surface area contributed by atoms with Gasteiger partial charge < -0.3 is 9.84 Å². The van der Waals surface area contributed by atoms with Gasteiger partial charge in [-0.3, -0.25) is 5.43 Å². The molecule has 0 spiro atoms. The van der Waals surface area contributed by atoms with Crippen molar-refractivity contribution in [3.63, 3.8) is 0 Å². The number of hydrogen-bond donors (Lipinski definition) is 2. The number of nitrogens with zero attached hydrogens (tertiary/aromatic N) is 3. The maximum atomic E-state index is 9.61. The van der Waals surface area contributed by atoms with Crippen LogP contribution < -0.4 is 10.2 Å². The second-order valence-electron chi connectivity index (χ2n) is 6.34. The maximum Gasteiger partial charge on any atom is 0.183 e. The third-order valence-corrected chi connectivity index (χ3v) is 5.18. The molecule has 30 heavy (non-hydrogen) atoms. The summed E-state index contributed by atoms with van der Waals surface area (Å²) in [5.41, 5.74) is 5.45. The molecule has 0 radical (unpaired) electrons. The predicted octanol–water partition coefficient (Wildman–Crippen LogP) is 5.10. The van der Waals surface area contributed by atoms with Gasteiger partial charge in [0.05, 0.1) is 28.7 Å². The number of hydrogen-bond acceptors (Lipinski definition) is 6. The molecule has 4 aromatic rings. The molecule has 0 bridgehead atoms. The SMILES string of the molecule is CCOc1ccc(N=C(N/N=C\c2cccc(O)c2)c2nc3ccccc3s2)cc1. The summed E-state index contributed by atoms with van der Waals surface area (Å²) in [6, 6.07) is 22.4. The highest BCUT2D eigenvalue weighted by Gasteiger charge is 2.10. The van der Waals surface area contributed by atoms with E-state index in [4.69, 9.17) is 9.73 Å². The molecular weight excluding hydrogens is 396 g/mol. The van der Waals surface area contributed by atoms with Crippen molar-refractivity contribution in [3.05, 3.63) is 83.4 Å². The normalized spacial score (nSPS) is 11.8. The minimum atomic E-state index is 0.188. The molecule has 0 aliphatic carbocycles.